The molecule has 0 saturated carbocycles. The molecule has 2 nitrogen and oxygen atoms in total. The van der Waals surface area contributed by atoms with Gasteiger partial charge in [0.15, 0.2) is 0 Å². The predicted octanol–water partition coefficient (Wildman–Crippen LogP) is 2.65. The molecule has 3 heteroatoms. The third-order valence-electron chi connectivity index (χ3n) is 4.12. The van der Waals surface area contributed by atoms with Gasteiger partial charge >= 0.3 is 7.55 Å². The molecule has 93 valence electrons. The summed E-state index contributed by atoms with van der Waals surface area (Å²) >= 11 is 0. The smallest absolute Gasteiger partial charge is 0.391 e. The minimum atomic E-state index is 1.10. The van der Waals surface area contributed by atoms with Crippen molar-refractivity contribution in [3.8, 4) is 0 Å². The topological polar surface area (TPSA) is 6.48 Å². The van der Waals surface area contributed by atoms with Crippen LogP contribution in [0, 0.1) is 0 Å². The van der Waals surface area contributed by atoms with Gasteiger partial charge in [-0.2, -0.15) is 0 Å². The monoisotopic (exact) mass is 247 g/mol. The Morgan fingerprint density at radius 3 is 1.68 bits per heavy atom. The SMILES string of the molecule is [B](N1CCc2ccccc21)N1CCc2ccccc21. The molecule has 0 unspecified atom stereocenters. The summed E-state index contributed by atoms with van der Waals surface area (Å²) in [6.07, 6.45) is 2.31. The van der Waals surface area contributed by atoms with Crippen LogP contribution in [0.4, 0.5) is 11.4 Å². The van der Waals surface area contributed by atoms with Crippen molar-refractivity contribution in [3.05, 3.63) is 59.7 Å². The highest BCUT2D eigenvalue weighted by Gasteiger charge is 2.26. The summed E-state index contributed by atoms with van der Waals surface area (Å²) in [7, 11) is 2.29. The Hall–Kier alpha value is -1.90. The molecule has 2 aromatic carbocycles. The van der Waals surface area contributed by atoms with Crippen LogP contribution < -0.4 is 9.62 Å². The van der Waals surface area contributed by atoms with Gasteiger partial charge in [0.2, 0.25) is 0 Å². The van der Waals surface area contributed by atoms with Gasteiger partial charge in [-0.1, -0.05) is 36.4 Å². The highest BCUT2D eigenvalue weighted by atomic mass is 15.2. The molecule has 2 aliphatic heterocycles. The molecule has 4 rings (SSSR count). The molecule has 0 spiro atoms. The van der Waals surface area contributed by atoms with Crippen molar-refractivity contribution in [1.82, 2.24) is 0 Å². The van der Waals surface area contributed by atoms with E-state index in [0.717, 1.165) is 25.9 Å². The fraction of sp³-hybridized carbons (Fsp3) is 0.250. The van der Waals surface area contributed by atoms with Crippen LogP contribution in [0.2, 0.25) is 0 Å². The standard InChI is InChI=1S/C16H16BN2/c1-3-7-15-13(5-1)9-11-18(15)17-19-12-10-14-6-2-4-8-16(14)19/h1-8H,9-12H2. The summed E-state index contributed by atoms with van der Waals surface area (Å²) in [6, 6.07) is 17.4. The second kappa shape index (κ2) is 4.34. The molecule has 0 bridgehead atoms. The summed E-state index contributed by atoms with van der Waals surface area (Å²) in [5.41, 5.74) is 5.66. The van der Waals surface area contributed by atoms with Gasteiger partial charge < -0.3 is 9.62 Å². The Kier molecular flexibility index (Phi) is 2.51. The quantitative estimate of drug-likeness (QED) is 0.753. The lowest BCUT2D eigenvalue weighted by Gasteiger charge is -2.26. The summed E-state index contributed by atoms with van der Waals surface area (Å²) < 4.78 is 0. The molecule has 2 aliphatic rings. The van der Waals surface area contributed by atoms with Crippen molar-refractivity contribution in [3.63, 3.8) is 0 Å². The lowest BCUT2D eigenvalue weighted by molar-refractivity contribution is 0.998. The molecule has 0 fully saturated rings. The predicted molar refractivity (Wildman–Crippen MR) is 80.7 cm³/mol. The molecule has 2 heterocycles. The van der Waals surface area contributed by atoms with E-state index in [9.17, 15) is 0 Å². The van der Waals surface area contributed by atoms with Crippen LogP contribution in [0.25, 0.3) is 0 Å². The highest BCUT2D eigenvalue weighted by Crippen LogP contribution is 2.30. The molecule has 0 aliphatic carbocycles. The average Bonchev–Trinajstić information content (AvgIpc) is 3.05. The zero-order valence-electron chi connectivity index (χ0n) is 10.9. The van der Waals surface area contributed by atoms with Gasteiger partial charge in [-0.05, 0) is 36.1 Å². The molecule has 0 atom stereocenters. The van der Waals surface area contributed by atoms with Crippen molar-refractivity contribution in [2.24, 2.45) is 0 Å². The zero-order valence-corrected chi connectivity index (χ0v) is 10.9. The molecular formula is C16H16BN2. The van der Waals surface area contributed by atoms with E-state index in [0.29, 0.717) is 0 Å². The summed E-state index contributed by atoms with van der Waals surface area (Å²) in [5, 5.41) is 0. The van der Waals surface area contributed by atoms with E-state index >= 15 is 0 Å². The van der Waals surface area contributed by atoms with E-state index < -0.39 is 0 Å². The maximum absolute atomic E-state index is 2.39. The first-order valence-electron chi connectivity index (χ1n) is 6.96. The molecule has 1 radical (unpaired) electrons. The van der Waals surface area contributed by atoms with E-state index in [1.54, 1.807) is 0 Å². The minimum Gasteiger partial charge on any atom is -0.398 e. The minimum absolute atomic E-state index is 1.10. The maximum atomic E-state index is 2.39. The molecular weight excluding hydrogens is 231 g/mol. The van der Waals surface area contributed by atoms with Gasteiger partial charge in [-0.25, -0.2) is 0 Å². The lowest BCUT2D eigenvalue weighted by atomic mass is 10.0. The largest absolute Gasteiger partial charge is 0.398 e. The van der Waals surface area contributed by atoms with Gasteiger partial charge in [0.25, 0.3) is 0 Å². The molecule has 0 aromatic heterocycles. The molecule has 19 heavy (non-hydrogen) atoms. The first kappa shape index (κ1) is 11.0. The number of anilines is 2. The van der Waals surface area contributed by atoms with E-state index in [4.69, 9.17) is 0 Å². The van der Waals surface area contributed by atoms with Gasteiger partial charge in [-0.3, -0.25) is 0 Å². The third-order valence-corrected chi connectivity index (χ3v) is 4.12. The fourth-order valence-corrected chi connectivity index (χ4v) is 3.14. The summed E-state index contributed by atoms with van der Waals surface area (Å²) in [6.45, 7) is 2.19. The molecule has 0 amide bonds. The van der Waals surface area contributed by atoms with Crippen LogP contribution >= 0.6 is 0 Å². The van der Waals surface area contributed by atoms with Crippen LogP contribution in [0.15, 0.2) is 48.5 Å². The van der Waals surface area contributed by atoms with Crippen LogP contribution in [0.1, 0.15) is 11.1 Å². The van der Waals surface area contributed by atoms with E-state index in [-0.39, 0.29) is 0 Å². The van der Waals surface area contributed by atoms with Crippen LogP contribution in [-0.4, -0.2) is 20.6 Å². The Balaban J connectivity index is 1.58. The number of benzene rings is 2. The Bertz CT molecular complexity index is 558. The van der Waals surface area contributed by atoms with Gasteiger partial charge in [0.1, 0.15) is 0 Å². The molecule has 0 N–H and O–H groups in total. The number of nitrogens with zero attached hydrogens (tertiary/aromatic N) is 2. The number of rotatable bonds is 2. The molecule has 0 saturated heterocycles. The van der Waals surface area contributed by atoms with Crippen LogP contribution in [0.3, 0.4) is 0 Å². The van der Waals surface area contributed by atoms with Crippen molar-refractivity contribution < 1.29 is 0 Å². The Morgan fingerprint density at radius 2 is 1.16 bits per heavy atom. The lowest BCUT2D eigenvalue weighted by Crippen LogP contribution is -2.40. The second-order valence-electron chi connectivity index (χ2n) is 5.26. The molecule has 2 aromatic rings. The summed E-state index contributed by atoms with van der Waals surface area (Å²) in [5.74, 6) is 0. The Labute approximate surface area is 114 Å². The number of fused-ring (bicyclic) bond motifs is 2. The van der Waals surface area contributed by atoms with Gasteiger partial charge in [-0.15, -0.1) is 0 Å². The van der Waals surface area contributed by atoms with Crippen molar-refractivity contribution in [2.75, 3.05) is 22.7 Å². The van der Waals surface area contributed by atoms with E-state index in [1.807, 2.05) is 0 Å². The number of hydrogen-bond donors (Lipinski definition) is 0. The average molecular weight is 247 g/mol. The normalized spacial score (nSPS) is 16.4. The van der Waals surface area contributed by atoms with E-state index in [1.165, 1.54) is 22.5 Å². The third kappa shape index (κ3) is 1.81. The van der Waals surface area contributed by atoms with Crippen molar-refractivity contribution in [1.29, 1.82) is 0 Å². The van der Waals surface area contributed by atoms with E-state index in [2.05, 4.69) is 65.7 Å². The first-order chi connectivity index (χ1) is 9.42. The van der Waals surface area contributed by atoms with Gasteiger partial charge in [0.05, 0.1) is 0 Å². The highest BCUT2D eigenvalue weighted by molar-refractivity contribution is 6.47. The van der Waals surface area contributed by atoms with Crippen molar-refractivity contribution >= 4 is 18.9 Å². The van der Waals surface area contributed by atoms with Gasteiger partial charge in [0, 0.05) is 24.5 Å². The Morgan fingerprint density at radius 1 is 0.684 bits per heavy atom. The number of para-hydroxylation sites is 2. The fourth-order valence-electron chi connectivity index (χ4n) is 3.14. The maximum Gasteiger partial charge on any atom is 0.391 e. The second-order valence-corrected chi connectivity index (χ2v) is 5.26. The van der Waals surface area contributed by atoms with Crippen LogP contribution in [-0.2, 0) is 12.8 Å². The number of hydrogen-bond acceptors (Lipinski definition) is 2. The van der Waals surface area contributed by atoms with Crippen molar-refractivity contribution in [2.45, 2.75) is 12.8 Å². The summed E-state index contributed by atoms with van der Waals surface area (Å²) in [4.78, 5) is 4.77. The van der Waals surface area contributed by atoms with Crippen LogP contribution in [0.5, 0.6) is 0 Å². The first-order valence-corrected chi connectivity index (χ1v) is 6.96. The zero-order chi connectivity index (χ0) is 12.7.